The number of methoxy groups -OCH3 is 1. The number of allylic oxidation sites excluding steroid dienone is 2. The van der Waals surface area contributed by atoms with Crippen molar-refractivity contribution in [2.75, 3.05) is 7.11 Å². The minimum absolute atomic E-state index is 0.00668. The number of benzene rings is 2. The highest BCUT2D eigenvalue weighted by molar-refractivity contribution is 5.86. The van der Waals surface area contributed by atoms with Crippen LogP contribution in [0.25, 0.3) is 10.8 Å². The summed E-state index contributed by atoms with van der Waals surface area (Å²) in [7, 11) is 1.73. The summed E-state index contributed by atoms with van der Waals surface area (Å²) in [5, 5.41) is 2.04. The van der Waals surface area contributed by atoms with Crippen LogP contribution in [-0.2, 0) is 9.53 Å². The second kappa shape index (κ2) is 7.73. The van der Waals surface area contributed by atoms with Gasteiger partial charge in [0.25, 0.3) is 0 Å². The Kier molecular flexibility index (Phi) is 5.39. The number of fused-ring (bicyclic) bond motifs is 3. The first-order chi connectivity index (χ1) is 14.2. The van der Waals surface area contributed by atoms with Gasteiger partial charge >= 0.3 is 5.97 Å². The number of carbonyl (C=O) groups excluding carboxylic acids is 1. The van der Waals surface area contributed by atoms with Crippen molar-refractivity contribution in [3.8, 4) is 11.5 Å². The first-order valence-electron chi connectivity index (χ1n) is 10.9. The number of carbonyl (C=O) groups is 1. The van der Waals surface area contributed by atoms with Crippen molar-refractivity contribution < 1.29 is 19.0 Å². The van der Waals surface area contributed by atoms with Gasteiger partial charge in [0, 0.05) is 12.5 Å². The summed E-state index contributed by atoms with van der Waals surface area (Å²) >= 11 is 0. The van der Waals surface area contributed by atoms with Crippen LogP contribution in [0.2, 0.25) is 0 Å². The Bertz CT molecular complexity index is 976. The van der Waals surface area contributed by atoms with E-state index in [1.54, 1.807) is 7.11 Å². The van der Waals surface area contributed by atoms with Gasteiger partial charge in [0.15, 0.2) is 0 Å². The maximum Gasteiger partial charge on any atom is 0.316 e. The molecule has 4 nitrogen and oxygen atoms in total. The van der Waals surface area contributed by atoms with Gasteiger partial charge in [-0.3, -0.25) is 4.79 Å². The Morgan fingerprint density at radius 1 is 1.13 bits per heavy atom. The van der Waals surface area contributed by atoms with Crippen LogP contribution in [0.5, 0.6) is 11.5 Å². The highest BCUT2D eigenvalue weighted by atomic mass is 16.7. The molecule has 1 saturated carbocycles. The maximum absolute atomic E-state index is 12.4. The average molecular weight is 409 g/mol. The fraction of sp³-hybridized carbons (Fsp3) is 0.500. The quantitative estimate of drug-likeness (QED) is 0.239. The molecular formula is C26H32O4. The summed E-state index contributed by atoms with van der Waals surface area (Å²) in [5.74, 6) is 2.31. The standard InChI is InChI=1S/C26H32O4/c1-6-25(2,3)23(27)29-21-11-8-19-15-22(12-9-18(19)14-21)30-24(28-5)26(4)16-17-7-10-20(26)13-17/h7-12,14-15,17,20,24H,6,13,16H2,1-5H3. The van der Waals surface area contributed by atoms with E-state index >= 15 is 0 Å². The van der Waals surface area contributed by atoms with Crippen molar-refractivity contribution in [1.29, 1.82) is 0 Å². The molecule has 0 radical (unpaired) electrons. The van der Waals surface area contributed by atoms with Gasteiger partial charge in [0.05, 0.1) is 5.41 Å². The van der Waals surface area contributed by atoms with Gasteiger partial charge in [-0.1, -0.05) is 38.1 Å². The Morgan fingerprint density at radius 3 is 2.37 bits per heavy atom. The lowest BCUT2D eigenvalue weighted by molar-refractivity contribution is -0.144. The number of hydrogen-bond donors (Lipinski definition) is 0. The van der Waals surface area contributed by atoms with Crippen LogP contribution in [0, 0.1) is 22.7 Å². The van der Waals surface area contributed by atoms with Crippen LogP contribution in [-0.4, -0.2) is 19.4 Å². The molecule has 160 valence electrons. The molecule has 2 aliphatic carbocycles. The second-order valence-corrected chi connectivity index (χ2v) is 9.68. The van der Waals surface area contributed by atoms with E-state index in [0.717, 1.165) is 29.4 Å². The van der Waals surface area contributed by atoms with Gasteiger partial charge in [-0.25, -0.2) is 0 Å². The fourth-order valence-electron chi connectivity index (χ4n) is 4.71. The van der Waals surface area contributed by atoms with Gasteiger partial charge in [-0.15, -0.1) is 0 Å². The SMILES string of the molecule is CCC(C)(C)C(=O)Oc1ccc2cc(OC(OC)C3(C)CC4C=CC3C4)ccc2c1. The molecule has 4 atom stereocenters. The Morgan fingerprint density at radius 2 is 1.80 bits per heavy atom. The van der Waals surface area contributed by atoms with E-state index in [2.05, 4.69) is 19.1 Å². The molecule has 4 unspecified atom stereocenters. The molecule has 2 aromatic carbocycles. The van der Waals surface area contributed by atoms with Crippen molar-refractivity contribution in [3.63, 3.8) is 0 Å². The van der Waals surface area contributed by atoms with Crippen LogP contribution in [0.4, 0.5) is 0 Å². The second-order valence-electron chi connectivity index (χ2n) is 9.68. The number of esters is 1. The molecule has 0 N–H and O–H groups in total. The minimum atomic E-state index is -0.493. The topological polar surface area (TPSA) is 44.8 Å². The first-order valence-corrected chi connectivity index (χ1v) is 10.9. The molecule has 4 heteroatoms. The van der Waals surface area contributed by atoms with Gasteiger partial charge in [-0.2, -0.15) is 0 Å². The Hall–Kier alpha value is -2.33. The molecular weight excluding hydrogens is 376 g/mol. The predicted molar refractivity (Wildman–Crippen MR) is 119 cm³/mol. The third-order valence-corrected chi connectivity index (χ3v) is 7.15. The van der Waals surface area contributed by atoms with Crippen LogP contribution in [0.3, 0.4) is 0 Å². The molecule has 2 aromatic rings. The third kappa shape index (κ3) is 3.74. The molecule has 0 aromatic heterocycles. The molecule has 0 heterocycles. The van der Waals surface area contributed by atoms with Crippen molar-refractivity contribution in [2.24, 2.45) is 22.7 Å². The van der Waals surface area contributed by atoms with E-state index in [1.165, 1.54) is 6.42 Å². The monoisotopic (exact) mass is 408 g/mol. The highest BCUT2D eigenvalue weighted by Gasteiger charge is 2.51. The normalized spacial score (nSPS) is 26.2. The van der Waals surface area contributed by atoms with Crippen LogP contribution in [0.15, 0.2) is 48.6 Å². The summed E-state index contributed by atoms with van der Waals surface area (Å²) < 4.78 is 17.7. The minimum Gasteiger partial charge on any atom is -0.464 e. The van der Waals surface area contributed by atoms with E-state index < -0.39 is 5.41 Å². The highest BCUT2D eigenvalue weighted by Crippen LogP contribution is 2.54. The first kappa shape index (κ1) is 20.9. The molecule has 0 aliphatic heterocycles. The van der Waals surface area contributed by atoms with E-state index in [4.69, 9.17) is 14.2 Å². The zero-order valence-electron chi connectivity index (χ0n) is 18.6. The average Bonchev–Trinajstić information content (AvgIpc) is 3.33. The molecule has 2 bridgehead atoms. The lowest BCUT2D eigenvalue weighted by Gasteiger charge is -2.38. The van der Waals surface area contributed by atoms with Gasteiger partial charge in [-0.05, 0) is 80.0 Å². The number of ether oxygens (including phenoxy) is 3. The predicted octanol–water partition coefficient (Wildman–Crippen LogP) is 6.14. The van der Waals surface area contributed by atoms with E-state index in [1.807, 2.05) is 57.2 Å². The largest absolute Gasteiger partial charge is 0.464 e. The van der Waals surface area contributed by atoms with Crippen molar-refractivity contribution in [1.82, 2.24) is 0 Å². The van der Waals surface area contributed by atoms with Crippen molar-refractivity contribution >= 4 is 16.7 Å². The van der Waals surface area contributed by atoms with Crippen molar-refractivity contribution in [2.45, 2.75) is 53.2 Å². The van der Waals surface area contributed by atoms with E-state index in [0.29, 0.717) is 17.6 Å². The maximum atomic E-state index is 12.4. The molecule has 0 amide bonds. The van der Waals surface area contributed by atoms with E-state index in [9.17, 15) is 4.79 Å². The molecule has 4 rings (SSSR count). The lowest BCUT2D eigenvalue weighted by atomic mass is 9.77. The van der Waals surface area contributed by atoms with Gasteiger partial charge in [0.2, 0.25) is 6.29 Å². The summed E-state index contributed by atoms with van der Waals surface area (Å²) in [6.07, 6.45) is 7.41. The van der Waals surface area contributed by atoms with Crippen LogP contribution in [0.1, 0.15) is 47.0 Å². The van der Waals surface area contributed by atoms with Crippen LogP contribution < -0.4 is 9.47 Å². The Balaban J connectivity index is 1.51. The van der Waals surface area contributed by atoms with Crippen LogP contribution >= 0.6 is 0 Å². The smallest absolute Gasteiger partial charge is 0.316 e. The third-order valence-electron chi connectivity index (χ3n) is 7.15. The van der Waals surface area contributed by atoms with Crippen molar-refractivity contribution in [3.05, 3.63) is 48.6 Å². The zero-order valence-corrected chi connectivity index (χ0v) is 18.6. The number of rotatable bonds is 7. The van der Waals surface area contributed by atoms with Gasteiger partial charge < -0.3 is 14.2 Å². The number of hydrogen-bond acceptors (Lipinski definition) is 4. The zero-order chi connectivity index (χ0) is 21.5. The summed E-state index contributed by atoms with van der Waals surface area (Å²) in [4.78, 5) is 12.4. The Labute approximate surface area is 179 Å². The molecule has 1 fully saturated rings. The molecule has 30 heavy (non-hydrogen) atoms. The summed E-state index contributed by atoms with van der Waals surface area (Å²) in [5.41, 5.74) is -0.500. The molecule has 0 spiro atoms. The van der Waals surface area contributed by atoms with Gasteiger partial charge in [0.1, 0.15) is 11.5 Å². The molecule has 0 saturated heterocycles. The summed E-state index contributed by atoms with van der Waals surface area (Å²) in [6, 6.07) is 11.7. The lowest BCUT2D eigenvalue weighted by Crippen LogP contribution is -2.41. The summed E-state index contributed by atoms with van der Waals surface area (Å²) in [6.45, 7) is 8.07. The van der Waals surface area contributed by atoms with E-state index in [-0.39, 0.29) is 17.7 Å². The molecule has 2 aliphatic rings. The fourth-order valence-corrected chi connectivity index (χ4v) is 4.71.